The number of carbonyl (C=O) groups excluding carboxylic acids is 2. The smallest absolute Gasteiger partial charge is 0.338 e. The molecule has 4 heteroatoms. The van der Waals surface area contributed by atoms with Gasteiger partial charge >= 0.3 is 5.97 Å². The van der Waals surface area contributed by atoms with Gasteiger partial charge in [0.2, 0.25) is 0 Å². The third kappa shape index (κ3) is 4.57. The van der Waals surface area contributed by atoms with Crippen molar-refractivity contribution in [1.82, 2.24) is 5.32 Å². The molecule has 1 aliphatic carbocycles. The van der Waals surface area contributed by atoms with Gasteiger partial charge in [0.15, 0.2) is 6.10 Å². The van der Waals surface area contributed by atoms with Crippen molar-refractivity contribution in [2.24, 2.45) is 11.8 Å². The fourth-order valence-electron chi connectivity index (χ4n) is 3.14. The molecule has 1 fully saturated rings. The molecule has 1 aromatic rings. The summed E-state index contributed by atoms with van der Waals surface area (Å²) in [5, 5.41) is 3.05. The summed E-state index contributed by atoms with van der Waals surface area (Å²) in [6.45, 7) is 7.95. The Morgan fingerprint density at radius 3 is 2.70 bits per heavy atom. The second-order valence-electron chi connectivity index (χ2n) is 6.80. The standard InChI is InChI=1S/C19H27NO3/c1-12-7-5-9-16(11-12)19(22)23-15(4)18(21)20-17-10-6-8-13(2)14(17)3/h5,7,9,11,13-15,17H,6,8,10H2,1-4H3,(H,20,21)/t13-,14-,15+,17-/m0/s1. The highest BCUT2D eigenvalue weighted by Gasteiger charge is 2.30. The van der Waals surface area contributed by atoms with Gasteiger partial charge in [-0.3, -0.25) is 4.79 Å². The molecular weight excluding hydrogens is 290 g/mol. The fraction of sp³-hybridized carbons (Fsp3) is 0.579. The van der Waals surface area contributed by atoms with E-state index in [9.17, 15) is 9.59 Å². The molecule has 23 heavy (non-hydrogen) atoms. The van der Waals surface area contributed by atoms with Crippen LogP contribution in [0, 0.1) is 18.8 Å². The Morgan fingerprint density at radius 2 is 2.00 bits per heavy atom. The van der Waals surface area contributed by atoms with Gasteiger partial charge in [0.25, 0.3) is 5.91 Å². The molecule has 1 aromatic carbocycles. The Balaban J connectivity index is 1.91. The molecule has 0 saturated heterocycles. The van der Waals surface area contributed by atoms with Crippen LogP contribution in [0.2, 0.25) is 0 Å². The highest BCUT2D eigenvalue weighted by Crippen LogP contribution is 2.29. The predicted octanol–water partition coefficient (Wildman–Crippen LogP) is 3.48. The van der Waals surface area contributed by atoms with Crippen LogP contribution < -0.4 is 5.32 Å². The monoisotopic (exact) mass is 317 g/mol. The van der Waals surface area contributed by atoms with E-state index < -0.39 is 12.1 Å². The maximum Gasteiger partial charge on any atom is 0.338 e. The highest BCUT2D eigenvalue weighted by atomic mass is 16.5. The Kier molecular flexibility index (Phi) is 5.80. The van der Waals surface area contributed by atoms with E-state index in [4.69, 9.17) is 4.74 Å². The summed E-state index contributed by atoms with van der Waals surface area (Å²) in [4.78, 5) is 24.4. The number of nitrogens with one attached hydrogen (secondary N) is 1. The highest BCUT2D eigenvalue weighted by molar-refractivity contribution is 5.92. The summed E-state index contributed by atoms with van der Waals surface area (Å²) in [5.74, 6) is 0.393. The molecule has 0 aliphatic heterocycles. The van der Waals surface area contributed by atoms with Crippen LogP contribution in [0.3, 0.4) is 0 Å². The second-order valence-corrected chi connectivity index (χ2v) is 6.80. The van der Waals surface area contributed by atoms with Crippen molar-refractivity contribution in [1.29, 1.82) is 0 Å². The van der Waals surface area contributed by atoms with E-state index in [0.717, 1.165) is 18.4 Å². The molecule has 2 rings (SSSR count). The lowest BCUT2D eigenvalue weighted by Crippen LogP contribution is -2.47. The van der Waals surface area contributed by atoms with Gasteiger partial charge in [-0.1, -0.05) is 44.4 Å². The lowest BCUT2D eigenvalue weighted by atomic mass is 9.78. The van der Waals surface area contributed by atoms with Gasteiger partial charge in [-0.25, -0.2) is 4.79 Å². The third-order valence-electron chi connectivity index (χ3n) is 4.94. The zero-order chi connectivity index (χ0) is 17.0. The van der Waals surface area contributed by atoms with E-state index in [2.05, 4.69) is 19.2 Å². The minimum atomic E-state index is -0.785. The molecule has 0 aromatic heterocycles. The topological polar surface area (TPSA) is 55.4 Å². The summed E-state index contributed by atoms with van der Waals surface area (Å²) >= 11 is 0. The SMILES string of the molecule is Cc1cccc(C(=O)O[C@H](C)C(=O)N[C@H]2CCC[C@H](C)[C@@H]2C)c1. The van der Waals surface area contributed by atoms with E-state index in [1.807, 2.05) is 19.1 Å². The first-order valence-electron chi connectivity index (χ1n) is 8.46. The van der Waals surface area contributed by atoms with E-state index >= 15 is 0 Å². The van der Waals surface area contributed by atoms with Crippen LogP contribution in [0.25, 0.3) is 0 Å². The largest absolute Gasteiger partial charge is 0.449 e. The second kappa shape index (κ2) is 7.62. The minimum Gasteiger partial charge on any atom is -0.449 e. The zero-order valence-corrected chi connectivity index (χ0v) is 14.5. The summed E-state index contributed by atoms with van der Waals surface area (Å²) in [7, 11) is 0. The lowest BCUT2D eigenvalue weighted by molar-refractivity contribution is -0.130. The maximum atomic E-state index is 12.3. The normalized spacial score (nSPS) is 25.5. The molecule has 1 saturated carbocycles. The maximum absolute atomic E-state index is 12.3. The van der Waals surface area contributed by atoms with Gasteiger partial charge in [-0.05, 0) is 44.2 Å². The molecule has 4 nitrogen and oxygen atoms in total. The number of amides is 1. The molecule has 1 aliphatic rings. The first-order chi connectivity index (χ1) is 10.9. The van der Waals surface area contributed by atoms with Crippen molar-refractivity contribution in [2.75, 3.05) is 0 Å². The van der Waals surface area contributed by atoms with Crippen molar-refractivity contribution >= 4 is 11.9 Å². The average molecular weight is 317 g/mol. The molecule has 0 heterocycles. The minimum absolute atomic E-state index is 0.173. The first kappa shape index (κ1) is 17.5. The summed E-state index contributed by atoms with van der Waals surface area (Å²) in [6.07, 6.45) is 2.56. The van der Waals surface area contributed by atoms with E-state index in [-0.39, 0.29) is 11.9 Å². The third-order valence-corrected chi connectivity index (χ3v) is 4.94. The van der Waals surface area contributed by atoms with Gasteiger partial charge < -0.3 is 10.1 Å². The predicted molar refractivity (Wildman–Crippen MR) is 90.2 cm³/mol. The van der Waals surface area contributed by atoms with Crippen molar-refractivity contribution in [2.45, 2.75) is 59.1 Å². The van der Waals surface area contributed by atoms with Crippen LogP contribution >= 0.6 is 0 Å². The Bertz CT molecular complexity index is 569. The van der Waals surface area contributed by atoms with Gasteiger partial charge in [-0.2, -0.15) is 0 Å². The summed E-state index contributed by atoms with van der Waals surface area (Å²) in [6, 6.07) is 7.36. The number of hydrogen-bond donors (Lipinski definition) is 1. The number of rotatable bonds is 4. The number of benzene rings is 1. The quantitative estimate of drug-likeness (QED) is 0.865. The van der Waals surface area contributed by atoms with Crippen LogP contribution in [0.5, 0.6) is 0 Å². The first-order valence-corrected chi connectivity index (χ1v) is 8.46. The molecule has 0 bridgehead atoms. The Morgan fingerprint density at radius 1 is 1.26 bits per heavy atom. The fourth-order valence-corrected chi connectivity index (χ4v) is 3.14. The van der Waals surface area contributed by atoms with Crippen molar-refractivity contribution < 1.29 is 14.3 Å². The molecule has 0 spiro atoms. The van der Waals surface area contributed by atoms with Crippen molar-refractivity contribution in [3.63, 3.8) is 0 Å². The molecule has 1 N–H and O–H groups in total. The molecule has 1 amide bonds. The molecule has 4 atom stereocenters. The molecule has 0 radical (unpaired) electrons. The Labute approximate surface area is 138 Å². The number of esters is 1. The Hall–Kier alpha value is -1.84. The van der Waals surface area contributed by atoms with Crippen LogP contribution in [0.4, 0.5) is 0 Å². The van der Waals surface area contributed by atoms with Crippen LogP contribution in [-0.4, -0.2) is 24.0 Å². The van der Waals surface area contributed by atoms with Gasteiger partial charge in [0.1, 0.15) is 0 Å². The molecular formula is C19H27NO3. The van der Waals surface area contributed by atoms with Crippen LogP contribution in [0.15, 0.2) is 24.3 Å². The zero-order valence-electron chi connectivity index (χ0n) is 14.5. The molecule has 0 unspecified atom stereocenters. The summed E-state index contributed by atoms with van der Waals surface area (Å²) in [5.41, 5.74) is 1.46. The van der Waals surface area contributed by atoms with E-state index in [0.29, 0.717) is 17.4 Å². The van der Waals surface area contributed by atoms with Gasteiger partial charge in [-0.15, -0.1) is 0 Å². The van der Waals surface area contributed by atoms with Gasteiger partial charge in [0, 0.05) is 6.04 Å². The number of ether oxygens (including phenoxy) is 1. The van der Waals surface area contributed by atoms with Crippen LogP contribution in [0.1, 0.15) is 56.0 Å². The number of aryl methyl sites for hydroxylation is 1. The van der Waals surface area contributed by atoms with Crippen LogP contribution in [-0.2, 0) is 9.53 Å². The van der Waals surface area contributed by atoms with Crippen molar-refractivity contribution in [3.05, 3.63) is 35.4 Å². The van der Waals surface area contributed by atoms with Crippen molar-refractivity contribution in [3.8, 4) is 0 Å². The van der Waals surface area contributed by atoms with Gasteiger partial charge in [0.05, 0.1) is 5.56 Å². The summed E-state index contributed by atoms with van der Waals surface area (Å²) < 4.78 is 5.31. The van der Waals surface area contributed by atoms with E-state index in [1.165, 1.54) is 6.42 Å². The number of carbonyl (C=O) groups is 2. The lowest BCUT2D eigenvalue weighted by Gasteiger charge is -2.35. The number of hydrogen-bond acceptors (Lipinski definition) is 3. The van der Waals surface area contributed by atoms with E-state index in [1.54, 1.807) is 19.1 Å². The average Bonchev–Trinajstić information content (AvgIpc) is 2.51. The molecule has 126 valence electrons.